The molecule has 0 saturated carbocycles. The van der Waals surface area contributed by atoms with Gasteiger partial charge in [0, 0.05) is 6.54 Å². The van der Waals surface area contributed by atoms with Gasteiger partial charge in [0.2, 0.25) is 0 Å². The van der Waals surface area contributed by atoms with Crippen LogP contribution < -0.4 is 11.2 Å². The first kappa shape index (κ1) is 17.9. The number of carbonyl (C=O) groups excluding carboxylic acids is 2. The molecule has 1 aromatic rings. The number of alkyl carbamates (subject to hydrolysis) is 1. The average molecular weight is 309 g/mol. The molecule has 0 fully saturated rings. The molecule has 0 radical (unpaired) electrons. The Labute approximate surface area is 130 Å². The summed E-state index contributed by atoms with van der Waals surface area (Å²) in [7, 11) is 0. The monoisotopic (exact) mass is 309 g/mol. The minimum Gasteiger partial charge on any atom is -0.445 e. The Kier molecular flexibility index (Phi) is 7.34. The first-order valence-electron chi connectivity index (χ1n) is 7.17. The molecule has 22 heavy (non-hydrogen) atoms. The van der Waals surface area contributed by atoms with Gasteiger partial charge >= 0.3 is 6.09 Å². The van der Waals surface area contributed by atoms with E-state index in [1.807, 2.05) is 37.3 Å². The van der Waals surface area contributed by atoms with Crippen LogP contribution in [-0.4, -0.2) is 40.8 Å². The van der Waals surface area contributed by atoms with E-state index in [4.69, 9.17) is 10.6 Å². The van der Waals surface area contributed by atoms with E-state index in [9.17, 15) is 14.7 Å². The number of ether oxygens (including phenoxy) is 1. The molecular weight excluding hydrogens is 286 g/mol. The standard InChI is InChI=1S/C15H23N3O4/c1-3-9-18(16)14(20)13(11(2)19)17-15(21)22-10-12-7-5-4-6-8-12/h4-8,11,13,19H,3,9-10,16H2,1-2H3,(H,17,21)/t11-,13+/m1/s1. The molecular formula is C15H23N3O4. The van der Waals surface area contributed by atoms with Crippen molar-refractivity contribution in [2.24, 2.45) is 5.84 Å². The van der Waals surface area contributed by atoms with Gasteiger partial charge in [-0.05, 0) is 18.9 Å². The van der Waals surface area contributed by atoms with Crippen molar-refractivity contribution in [3.8, 4) is 0 Å². The third-order valence-electron chi connectivity index (χ3n) is 2.98. The fourth-order valence-corrected chi connectivity index (χ4v) is 1.81. The van der Waals surface area contributed by atoms with Crippen molar-refractivity contribution < 1.29 is 19.4 Å². The molecule has 0 heterocycles. The van der Waals surface area contributed by atoms with E-state index in [1.54, 1.807) is 0 Å². The Morgan fingerprint density at radius 1 is 1.36 bits per heavy atom. The molecule has 0 unspecified atom stereocenters. The molecule has 2 atom stereocenters. The molecule has 0 saturated heterocycles. The summed E-state index contributed by atoms with van der Waals surface area (Å²) in [6.45, 7) is 3.68. The second kappa shape index (κ2) is 9.01. The molecule has 0 aliphatic rings. The molecule has 7 heteroatoms. The van der Waals surface area contributed by atoms with Crippen LogP contribution in [0.5, 0.6) is 0 Å². The third-order valence-corrected chi connectivity index (χ3v) is 2.98. The predicted molar refractivity (Wildman–Crippen MR) is 81.4 cm³/mol. The Hall–Kier alpha value is -2.12. The molecule has 0 spiro atoms. The number of amides is 2. The molecule has 122 valence electrons. The number of nitrogens with zero attached hydrogens (tertiary/aromatic N) is 1. The normalized spacial score (nSPS) is 13.1. The summed E-state index contributed by atoms with van der Waals surface area (Å²) in [4.78, 5) is 23.8. The quantitative estimate of drug-likeness (QED) is 0.392. The Morgan fingerprint density at radius 2 is 2.00 bits per heavy atom. The van der Waals surface area contributed by atoms with Crippen molar-refractivity contribution in [1.82, 2.24) is 10.3 Å². The van der Waals surface area contributed by atoms with E-state index in [1.165, 1.54) is 6.92 Å². The van der Waals surface area contributed by atoms with Crippen LogP contribution in [0.4, 0.5) is 4.79 Å². The molecule has 1 aromatic carbocycles. The van der Waals surface area contributed by atoms with Crippen LogP contribution in [0.3, 0.4) is 0 Å². The molecule has 0 aromatic heterocycles. The Bertz CT molecular complexity index is 479. The SMILES string of the molecule is CCCN(N)C(=O)[C@@H](NC(=O)OCc1ccccc1)[C@@H](C)O. The highest BCUT2D eigenvalue weighted by Gasteiger charge is 2.29. The molecule has 7 nitrogen and oxygen atoms in total. The lowest BCUT2D eigenvalue weighted by Gasteiger charge is -2.25. The number of aliphatic hydroxyl groups is 1. The van der Waals surface area contributed by atoms with Crippen LogP contribution in [-0.2, 0) is 16.1 Å². The average Bonchev–Trinajstić information content (AvgIpc) is 2.51. The van der Waals surface area contributed by atoms with Gasteiger partial charge in [-0.1, -0.05) is 37.3 Å². The number of nitrogens with two attached hydrogens (primary N) is 1. The second-order valence-corrected chi connectivity index (χ2v) is 4.96. The van der Waals surface area contributed by atoms with Crippen LogP contribution in [0.1, 0.15) is 25.8 Å². The van der Waals surface area contributed by atoms with Crippen molar-refractivity contribution in [2.45, 2.75) is 39.0 Å². The summed E-state index contributed by atoms with van der Waals surface area (Å²) in [5.41, 5.74) is 0.823. The van der Waals surface area contributed by atoms with Crippen LogP contribution in [0.2, 0.25) is 0 Å². The molecule has 0 aliphatic heterocycles. The van der Waals surface area contributed by atoms with Crippen LogP contribution in [0.25, 0.3) is 0 Å². The van der Waals surface area contributed by atoms with E-state index >= 15 is 0 Å². The fraction of sp³-hybridized carbons (Fsp3) is 0.467. The van der Waals surface area contributed by atoms with Gasteiger partial charge in [-0.25, -0.2) is 10.6 Å². The molecule has 4 N–H and O–H groups in total. The Morgan fingerprint density at radius 3 is 2.55 bits per heavy atom. The number of hydrazine groups is 1. The van der Waals surface area contributed by atoms with Crippen LogP contribution in [0.15, 0.2) is 30.3 Å². The fourth-order valence-electron chi connectivity index (χ4n) is 1.81. The molecule has 0 bridgehead atoms. The van der Waals surface area contributed by atoms with Gasteiger partial charge < -0.3 is 15.2 Å². The largest absolute Gasteiger partial charge is 0.445 e. The van der Waals surface area contributed by atoms with Crippen molar-refractivity contribution in [3.05, 3.63) is 35.9 Å². The van der Waals surface area contributed by atoms with Gasteiger partial charge in [0.05, 0.1) is 6.10 Å². The minimum atomic E-state index is -1.14. The first-order valence-corrected chi connectivity index (χ1v) is 7.17. The summed E-state index contributed by atoms with van der Waals surface area (Å²) in [6.07, 6.45) is -1.19. The zero-order valence-corrected chi connectivity index (χ0v) is 12.9. The molecule has 0 aliphatic carbocycles. The number of aliphatic hydroxyl groups excluding tert-OH is 1. The van der Waals surface area contributed by atoms with Crippen molar-refractivity contribution >= 4 is 12.0 Å². The summed E-state index contributed by atoms with van der Waals surface area (Å²) < 4.78 is 5.03. The highest BCUT2D eigenvalue weighted by Crippen LogP contribution is 2.03. The number of benzene rings is 1. The van der Waals surface area contributed by atoms with E-state index in [-0.39, 0.29) is 6.61 Å². The molecule has 2 amide bonds. The summed E-state index contributed by atoms with van der Waals surface area (Å²) in [6, 6.07) is 8.00. The van der Waals surface area contributed by atoms with Gasteiger partial charge in [-0.3, -0.25) is 9.80 Å². The maximum Gasteiger partial charge on any atom is 0.408 e. The second-order valence-electron chi connectivity index (χ2n) is 4.96. The van der Waals surface area contributed by atoms with Gasteiger partial charge in [-0.15, -0.1) is 0 Å². The predicted octanol–water partition coefficient (Wildman–Crippen LogP) is 0.774. The molecule has 1 rings (SSSR count). The van der Waals surface area contributed by atoms with E-state index in [0.29, 0.717) is 13.0 Å². The topological polar surface area (TPSA) is 105 Å². The van der Waals surface area contributed by atoms with Crippen molar-refractivity contribution in [3.63, 3.8) is 0 Å². The van der Waals surface area contributed by atoms with Gasteiger partial charge in [0.15, 0.2) is 0 Å². The smallest absolute Gasteiger partial charge is 0.408 e. The van der Waals surface area contributed by atoms with Crippen molar-refractivity contribution in [2.75, 3.05) is 6.54 Å². The summed E-state index contributed by atoms with van der Waals surface area (Å²) >= 11 is 0. The highest BCUT2D eigenvalue weighted by molar-refractivity contribution is 5.85. The summed E-state index contributed by atoms with van der Waals surface area (Å²) in [5.74, 6) is 5.03. The van der Waals surface area contributed by atoms with E-state index in [2.05, 4.69) is 5.32 Å². The van der Waals surface area contributed by atoms with Gasteiger partial charge in [0.1, 0.15) is 12.6 Å². The lowest BCUT2D eigenvalue weighted by Crippen LogP contribution is -2.55. The lowest BCUT2D eigenvalue weighted by molar-refractivity contribution is -0.136. The summed E-state index contributed by atoms with van der Waals surface area (Å²) in [5, 5.41) is 13.0. The van der Waals surface area contributed by atoms with E-state index < -0.39 is 24.1 Å². The minimum absolute atomic E-state index is 0.0781. The highest BCUT2D eigenvalue weighted by atomic mass is 16.5. The van der Waals surface area contributed by atoms with Gasteiger partial charge in [-0.2, -0.15) is 0 Å². The van der Waals surface area contributed by atoms with Gasteiger partial charge in [0.25, 0.3) is 5.91 Å². The number of hydrogen-bond donors (Lipinski definition) is 3. The first-order chi connectivity index (χ1) is 10.5. The van der Waals surface area contributed by atoms with Crippen LogP contribution in [0, 0.1) is 0 Å². The maximum absolute atomic E-state index is 12.1. The third kappa shape index (κ3) is 5.71. The maximum atomic E-state index is 12.1. The van der Waals surface area contributed by atoms with Crippen molar-refractivity contribution in [1.29, 1.82) is 0 Å². The number of hydrogen-bond acceptors (Lipinski definition) is 5. The zero-order valence-electron chi connectivity index (χ0n) is 12.9. The van der Waals surface area contributed by atoms with E-state index in [0.717, 1.165) is 10.6 Å². The Balaban J connectivity index is 2.55. The number of nitrogens with one attached hydrogen (secondary N) is 1. The van der Waals surface area contributed by atoms with Crippen LogP contribution >= 0.6 is 0 Å². The lowest BCUT2D eigenvalue weighted by atomic mass is 10.1. The number of carbonyl (C=O) groups is 2. The zero-order chi connectivity index (χ0) is 16.5. The number of rotatable bonds is 7.